The highest BCUT2D eigenvalue weighted by atomic mass is 32.1. The zero-order chi connectivity index (χ0) is 19.5. The number of hydrogen-bond acceptors (Lipinski definition) is 6. The van der Waals surface area contributed by atoms with Crippen LogP contribution in [0.2, 0.25) is 0 Å². The monoisotopic (exact) mass is 402 g/mol. The molecule has 4 rings (SSSR count). The number of thiophene rings is 1. The molecular weight excluding hydrogens is 372 g/mol. The fourth-order valence-electron chi connectivity index (χ4n) is 4.17. The highest BCUT2D eigenvalue weighted by Crippen LogP contribution is 2.40. The summed E-state index contributed by atoms with van der Waals surface area (Å²) in [5.41, 5.74) is 1.48. The van der Waals surface area contributed by atoms with Crippen LogP contribution in [-0.2, 0) is 24.0 Å². The maximum absolute atomic E-state index is 12.0. The highest BCUT2D eigenvalue weighted by Gasteiger charge is 2.27. The fourth-order valence-corrected chi connectivity index (χ4v) is 5.45. The van der Waals surface area contributed by atoms with Gasteiger partial charge in [0.25, 0.3) is 0 Å². The van der Waals surface area contributed by atoms with Gasteiger partial charge in [0, 0.05) is 37.5 Å². The molecule has 0 atom stereocenters. The fraction of sp³-hybridized carbons (Fsp3) is 0.667. The van der Waals surface area contributed by atoms with Gasteiger partial charge >= 0.3 is 6.09 Å². The molecule has 2 aliphatic rings. The summed E-state index contributed by atoms with van der Waals surface area (Å²) in [5, 5.41) is 1.28. The number of aromatic nitrogens is 2. The minimum absolute atomic E-state index is 0.202. The molecule has 1 saturated heterocycles. The Balaban J connectivity index is 1.65. The second kappa shape index (κ2) is 8.64. The number of unbranched alkanes of at least 4 members (excludes halogenated alkanes) is 1. The van der Waals surface area contributed by atoms with Gasteiger partial charge in [0.1, 0.15) is 16.5 Å². The normalized spacial score (nSPS) is 17.1. The van der Waals surface area contributed by atoms with Gasteiger partial charge in [0.05, 0.1) is 12.0 Å². The molecule has 2 aromatic rings. The van der Waals surface area contributed by atoms with Crippen LogP contribution >= 0.6 is 11.3 Å². The van der Waals surface area contributed by atoms with E-state index in [1.807, 2.05) is 18.3 Å². The van der Waals surface area contributed by atoms with Crippen LogP contribution in [0.25, 0.3) is 10.2 Å². The topological polar surface area (TPSA) is 58.6 Å². The van der Waals surface area contributed by atoms with Crippen molar-refractivity contribution in [3.8, 4) is 0 Å². The Bertz CT molecular complexity index is 843. The molecule has 1 amide bonds. The summed E-state index contributed by atoms with van der Waals surface area (Å²) >= 11 is 1.88. The van der Waals surface area contributed by atoms with Crippen molar-refractivity contribution in [2.75, 3.05) is 37.7 Å². The van der Waals surface area contributed by atoms with Crippen molar-refractivity contribution >= 4 is 33.5 Å². The third kappa shape index (κ3) is 3.81. The zero-order valence-corrected chi connectivity index (χ0v) is 17.8. The molecule has 2 aromatic heterocycles. The van der Waals surface area contributed by atoms with Crippen molar-refractivity contribution in [2.45, 2.75) is 58.8 Å². The first-order valence-corrected chi connectivity index (χ1v) is 11.5. The first-order chi connectivity index (χ1) is 13.7. The van der Waals surface area contributed by atoms with E-state index >= 15 is 0 Å². The number of carbonyl (C=O) groups is 1. The van der Waals surface area contributed by atoms with Gasteiger partial charge in [-0.05, 0) is 44.6 Å². The lowest BCUT2D eigenvalue weighted by atomic mass is 9.97. The predicted octanol–water partition coefficient (Wildman–Crippen LogP) is 4.19. The molecule has 0 spiro atoms. The van der Waals surface area contributed by atoms with Crippen LogP contribution in [0.5, 0.6) is 0 Å². The van der Waals surface area contributed by atoms with Gasteiger partial charge in [-0.15, -0.1) is 11.3 Å². The van der Waals surface area contributed by atoms with Crippen LogP contribution in [0, 0.1) is 0 Å². The van der Waals surface area contributed by atoms with E-state index in [1.54, 1.807) is 4.90 Å². The number of amides is 1. The van der Waals surface area contributed by atoms with Crippen molar-refractivity contribution < 1.29 is 9.53 Å². The average Bonchev–Trinajstić information content (AvgIpc) is 3.10. The van der Waals surface area contributed by atoms with Gasteiger partial charge in [-0.3, -0.25) is 0 Å². The van der Waals surface area contributed by atoms with Gasteiger partial charge in [0.2, 0.25) is 0 Å². The second-order valence-electron chi connectivity index (χ2n) is 7.63. The van der Waals surface area contributed by atoms with Gasteiger partial charge in [-0.1, -0.05) is 13.3 Å². The maximum Gasteiger partial charge on any atom is 0.409 e. The van der Waals surface area contributed by atoms with Crippen molar-refractivity contribution in [3.05, 3.63) is 16.3 Å². The predicted molar refractivity (Wildman–Crippen MR) is 113 cm³/mol. The molecule has 6 nitrogen and oxygen atoms in total. The summed E-state index contributed by atoms with van der Waals surface area (Å²) in [6.45, 7) is 7.43. The molecule has 0 bridgehead atoms. The number of aryl methyl sites for hydroxylation is 3. The Kier molecular flexibility index (Phi) is 5.99. The van der Waals surface area contributed by atoms with Crippen molar-refractivity contribution in [1.82, 2.24) is 14.9 Å². The number of ether oxygens (including phenoxy) is 1. The van der Waals surface area contributed by atoms with Gasteiger partial charge in [0.15, 0.2) is 0 Å². The SMILES string of the molecule is CCCCc1nc(N2CCN(C(=O)OCC)CC2)c2c3c(sc2n1)CCCC3. The van der Waals surface area contributed by atoms with E-state index in [9.17, 15) is 4.79 Å². The van der Waals surface area contributed by atoms with Crippen LogP contribution in [0.4, 0.5) is 10.6 Å². The van der Waals surface area contributed by atoms with E-state index in [0.717, 1.165) is 55.2 Å². The number of rotatable bonds is 5. The van der Waals surface area contributed by atoms with Crippen LogP contribution < -0.4 is 4.90 Å². The Morgan fingerprint density at radius 1 is 1.11 bits per heavy atom. The largest absolute Gasteiger partial charge is 0.450 e. The molecule has 1 aliphatic heterocycles. The Morgan fingerprint density at radius 2 is 1.89 bits per heavy atom. The summed E-state index contributed by atoms with van der Waals surface area (Å²) in [7, 11) is 0. The van der Waals surface area contributed by atoms with Crippen molar-refractivity contribution in [3.63, 3.8) is 0 Å². The molecule has 152 valence electrons. The molecule has 3 heterocycles. The van der Waals surface area contributed by atoms with E-state index < -0.39 is 0 Å². The molecule has 1 aliphatic carbocycles. The molecular formula is C21H30N4O2S. The third-order valence-corrected chi connectivity index (χ3v) is 6.89. The number of hydrogen-bond donors (Lipinski definition) is 0. The Hall–Kier alpha value is -1.89. The second-order valence-corrected chi connectivity index (χ2v) is 8.71. The molecule has 0 N–H and O–H groups in total. The summed E-state index contributed by atoms with van der Waals surface area (Å²) in [6, 6.07) is 0. The van der Waals surface area contributed by atoms with E-state index in [2.05, 4.69) is 11.8 Å². The summed E-state index contributed by atoms with van der Waals surface area (Å²) in [5.74, 6) is 2.06. The van der Waals surface area contributed by atoms with Crippen LogP contribution in [-0.4, -0.2) is 53.7 Å². The molecule has 7 heteroatoms. The third-order valence-electron chi connectivity index (χ3n) is 5.70. The number of nitrogens with zero attached hydrogens (tertiary/aromatic N) is 4. The molecule has 0 aromatic carbocycles. The summed E-state index contributed by atoms with van der Waals surface area (Å²) < 4.78 is 5.16. The van der Waals surface area contributed by atoms with Gasteiger partial charge < -0.3 is 14.5 Å². The Labute approximate surface area is 170 Å². The number of carbonyl (C=O) groups excluding carboxylic acids is 1. The molecule has 1 fully saturated rings. The standard InChI is InChI=1S/C21H30N4O2S/c1-3-5-10-17-22-19(24-11-13-25(14-12-24)21(26)27-4-2)18-15-8-6-7-9-16(15)28-20(18)23-17/h3-14H2,1-2H3. The Morgan fingerprint density at radius 3 is 2.64 bits per heavy atom. The minimum Gasteiger partial charge on any atom is -0.450 e. The van der Waals surface area contributed by atoms with Crippen molar-refractivity contribution in [1.29, 1.82) is 0 Å². The lowest BCUT2D eigenvalue weighted by Gasteiger charge is -2.35. The van der Waals surface area contributed by atoms with Crippen molar-refractivity contribution in [2.24, 2.45) is 0 Å². The first-order valence-electron chi connectivity index (χ1n) is 10.7. The number of piperazine rings is 1. The van der Waals surface area contributed by atoms with Gasteiger partial charge in [-0.2, -0.15) is 0 Å². The van der Waals surface area contributed by atoms with Crippen LogP contribution in [0.3, 0.4) is 0 Å². The maximum atomic E-state index is 12.0. The van der Waals surface area contributed by atoms with Crippen LogP contribution in [0.15, 0.2) is 0 Å². The van der Waals surface area contributed by atoms with Crippen LogP contribution in [0.1, 0.15) is 55.8 Å². The van der Waals surface area contributed by atoms with E-state index in [-0.39, 0.29) is 6.09 Å². The summed E-state index contributed by atoms with van der Waals surface area (Å²) in [4.78, 5) is 28.8. The van der Waals surface area contributed by atoms with E-state index in [4.69, 9.17) is 14.7 Å². The first kappa shape index (κ1) is 19.4. The molecule has 28 heavy (non-hydrogen) atoms. The number of fused-ring (bicyclic) bond motifs is 3. The highest BCUT2D eigenvalue weighted by molar-refractivity contribution is 7.19. The zero-order valence-electron chi connectivity index (χ0n) is 17.0. The average molecular weight is 403 g/mol. The summed E-state index contributed by atoms with van der Waals surface area (Å²) in [6.07, 6.45) is 7.86. The minimum atomic E-state index is -0.202. The molecule has 0 radical (unpaired) electrons. The van der Waals surface area contributed by atoms with Gasteiger partial charge in [-0.25, -0.2) is 14.8 Å². The van der Waals surface area contributed by atoms with E-state index in [0.29, 0.717) is 19.7 Å². The molecule has 0 unspecified atom stereocenters. The van der Waals surface area contributed by atoms with E-state index in [1.165, 1.54) is 35.1 Å². The smallest absolute Gasteiger partial charge is 0.409 e. The number of anilines is 1. The molecule has 0 saturated carbocycles. The lowest BCUT2D eigenvalue weighted by molar-refractivity contribution is 0.105. The lowest BCUT2D eigenvalue weighted by Crippen LogP contribution is -2.49. The quantitative estimate of drug-likeness (QED) is 0.750.